The van der Waals surface area contributed by atoms with Crippen molar-refractivity contribution >= 4 is 32.7 Å². The Morgan fingerprint density at radius 3 is 1.54 bits per heavy atom. The van der Waals surface area contributed by atoms with Gasteiger partial charge in [-0.3, -0.25) is 0 Å². The maximum absolute atomic E-state index is 2.41. The van der Waals surface area contributed by atoms with Crippen molar-refractivity contribution in [3.05, 3.63) is 107 Å². The molecule has 0 aliphatic heterocycles. The summed E-state index contributed by atoms with van der Waals surface area (Å²) in [5, 5.41) is 5.41. The van der Waals surface area contributed by atoms with Crippen LogP contribution >= 0.6 is 0 Å². The lowest BCUT2D eigenvalue weighted by molar-refractivity contribution is 1.20. The molecular weight excluding hydrogens is 312 g/mol. The van der Waals surface area contributed by atoms with Gasteiger partial charge in [0.05, 0.1) is 0 Å². The maximum atomic E-state index is 2.41. The van der Waals surface area contributed by atoms with Crippen LogP contribution in [0.1, 0.15) is 28.7 Å². The molecule has 4 aromatic rings. The number of fused-ring (bicyclic) bond motifs is 9. The van der Waals surface area contributed by atoms with E-state index in [2.05, 4.69) is 84.9 Å². The quantitative estimate of drug-likeness (QED) is 0.334. The minimum Gasteiger partial charge on any atom is -0.0722 e. The number of hydrogen-bond acceptors (Lipinski definition) is 0. The summed E-state index contributed by atoms with van der Waals surface area (Å²) in [6, 6.07) is 26.8. The fraction of sp³-hybridized carbons (Fsp3) is 0.0769. The van der Waals surface area contributed by atoms with Crippen LogP contribution in [0.2, 0.25) is 0 Å². The maximum Gasteiger partial charge on any atom is -0.00130 e. The molecule has 0 heterocycles. The fourth-order valence-electron chi connectivity index (χ4n) is 4.76. The third-order valence-corrected chi connectivity index (χ3v) is 5.88. The van der Waals surface area contributed by atoms with Gasteiger partial charge in [-0.25, -0.2) is 0 Å². The normalized spacial score (nSPS) is 15.1. The van der Waals surface area contributed by atoms with E-state index in [9.17, 15) is 0 Å². The number of hydrogen-bond donors (Lipinski definition) is 0. The summed E-state index contributed by atoms with van der Waals surface area (Å²) in [6.45, 7) is 0. The molecule has 0 saturated heterocycles. The van der Waals surface area contributed by atoms with Gasteiger partial charge in [-0.1, -0.05) is 84.9 Å². The zero-order chi connectivity index (χ0) is 17.1. The van der Waals surface area contributed by atoms with E-state index in [1.54, 1.807) is 0 Å². The second kappa shape index (κ2) is 5.19. The highest BCUT2D eigenvalue weighted by molar-refractivity contribution is 6.17. The molecule has 0 saturated carbocycles. The van der Waals surface area contributed by atoms with Crippen LogP contribution in [-0.4, -0.2) is 0 Å². The Balaban J connectivity index is 1.74. The zero-order valence-electron chi connectivity index (χ0n) is 14.5. The van der Waals surface area contributed by atoms with Crippen LogP contribution in [0.3, 0.4) is 0 Å². The molecule has 0 atom stereocenters. The summed E-state index contributed by atoms with van der Waals surface area (Å²) in [4.78, 5) is 0. The first-order valence-electron chi connectivity index (χ1n) is 9.33. The third kappa shape index (κ3) is 1.84. The molecule has 0 bridgehead atoms. The van der Waals surface area contributed by atoms with Crippen LogP contribution in [0.4, 0.5) is 0 Å². The van der Waals surface area contributed by atoms with E-state index in [1.165, 1.54) is 54.9 Å². The van der Waals surface area contributed by atoms with Gasteiger partial charge in [0, 0.05) is 0 Å². The molecule has 0 N–H and O–H groups in total. The van der Waals surface area contributed by atoms with Gasteiger partial charge in [0.1, 0.15) is 0 Å². The zero-order valence-corrected chi connectivity index (χ0v) is 14.5. The van der Waals surface area contributed by atoms with Gasteiger partial charge in [0.2, 0.25) is 0 Å². The van der Waals surface area contributed by atoms with Crippen molar-refractivity contribution in [3.63, 3.8) is 0 Å². The van der Waals surface area contributed by atoms with E-state index in [1.807, 2.05) is 0 Å². The highest BCUT2D eigenvalue weighted by Crippen LogP contribution is 2.47. The van der Waals surface area contributed by atoms with Gasteiger partial charge in [-0.05, 0) is 67.8 Å². The first kappa shape index (κ1) is 14.1. The lowest BCUT2D eigenvalue weighted by Gasteiger charge is -2.14. The Bertz CT molecular complexity index is 1170. The van der Waals surface area contributed by atoms with Gasteiger partial charge in [-0.15, -0.1) is 0 Å². The van der Waals surface area contributed by atoms with Gasteiger partial charge in [0.15, 0.2) is 0 Å². The Morgan fingerprint density at radius 2 is 1.00 bits per heavy atom. The molecule has 0 aromatic heterocycles. The van der Waals surface area contributed by atoms with Crippen LogP contribution in [0.15, 0.2) is 84.9 Å². The topological polar surface area (TPSA) is 0 Å². The number of allylic oxidation sites excluding steroid dienone is 4. The molecule has 2 aliphatic carbocycles. The van der Waals surface area contributed by atoms with Crippen molar-refractivity contribution in [1.29, 1.82) is 0 Å². The third-order valence-electron chi connectivity index (χ3n) is 5.88. The SMILES string of the molecule is C1=C2C(=CC1)c1c(ccc3ccccc13)Cc1ccc3ccccc3c12. The van der Waals surface area contributed by atoms with Crippen molar-refractivity contribution in [2.24, 2.45) is 0 Å². The van der Waals surface area contributed by atoms with E-state index in [-0.39, 0.29) is 0 Å². The van der Waals surface area contributed by atoms with E-state index < -0.39 is 0 Å². The molecule has 6 rings (SSSR count). The Kier molecular flexibility index (Phi) is 2.81. The van der Waals surface area contributed by atoms with Crippen molar-refractivity contribution in [3.8, 4) is 0 Å². The summed E-state index contributed by atoms with van der Waals surface area (Å²) < 4.78 is 0. The lowest BCUT2D eigenvalue weighted by atomic mass is 9.89. The van der Waals surface area contributed by atoms with Crippen molar-refractivity contribution in [1.82, 2.24) is 0 Å². The molecule has 0 unspecified atom stereocenters. The Hall–Kier alpha value is -3.12. The van der Waals surface area contributed by atoms with Gasteiger partial charge in [-0.2, -0.15) is 0 Å². The summed E-state index contributed by atoms with van der Waals surface area (Å²) in [5.74, 6) is 0. The van der Waals surface area contributed by atoms with E-state index >= 15 is 0 Å². The number of rotatable bonds is 0. The van der Waals surface area contributed by atoms with Crippen LogP contribution in [0.5, 0.6) is 0 Å². The van der Waals surface area contributed by atoms with Crippen LogP contribution in [0, 0.1) is 0 Å². The van der Waals surface area contributed by atoms with Crippen LogP contribution in [0.25, 0.3) is 32.7 Å². The Labute approximate surface area is 153 Å². The summed E-state index contributed by atoms with van der Waals surface area (Å²) in [5.41, 5.74) is 8.60. The molecule has 0 nitrogen and oxygen atoms in total. The average Bonchev–Trinajstić information content (AvgIpc) is 3.11. The molecule has 4 aromatic carbocycles. The fourth-order valence-corrected chi connectivity index (χ4v) is 4.76. The van der Waals surface area contributed by atoms with Gasteiger partial charge >= 0.3 is 0 Å². The standard InChI is InChI=1S/C26H18/c1-3-8-21-17(6-1)12-14-19-16-20-15-13-18-7-2-4-9-22(18)26(20)24-11-5-10-23(24)25(19)21/h1-4,6-15H,5,16H2. The smallest absolute Gasteiger partial charge is 0.00130 e. The van der Waals surface area contributed by atoms with Crippen molar-refractivity contribution in [2.45, 2.75) is 12.8 Å². The Morgan fingerprint density at radius 1 is 0.500 bits per heavy atom. The monoisotopic (exact) mass is 330 g/mol. The first-order valence-corrected chi connectivity index (χ1v) is 9.33. The molecule has 0 fully saturated rings. The predicted octanol–water partition coefficient (Wildman–Crippen LogP) is 6.77. The first-order chi connectivity index (χ1) is 12.9. The van der Waals surface area contributed by atoms with E-state index in [4.69, 9.17) is 0 Å². The minimum atomic E-state index is 0.995. The largest absolute Gasteiger partial charge is 0.0722 e. The molecule has 122 valence electrons. The minimum absolute atomic E-state index is 0.995. The van der Waals surface area contributed by atoms with Gasteiger partial charge in [0.25, 0.3) is 0 Å². The molecule has 0 heteroatoms. The van der Waals surface area contributed by atoms with Crippen molar-refractivity contribution in [2.75, 3.05) is 0 Å². The molecular formula is C26H18. The van der Waals surface area contributed by atoms with Crippen LogP contribution < -0.4 is 0 Å². The van der Waals surface area contributed by atoms with Gasteiger partial charge < -0.3 is 0 Å². The summed E-state index contributed by atoms with van der Waals surface area (Å²) in [6.07, 6.45) is 6.85. The highest BCUT2D eigenvalue weighted by atomic mass is 14.3. The second-order valence-electron chi connectivity index (χ2n) is 7.29. The molecule has 2 aliphatic rings. The van der Waals surface area contributed by atoms with E-state index in [0.29, 0.717) is 0 Å². The summed E-state index contributed by atoms with van der Waals surface area (Å²) in [7, 11) is 0. The van der Waals surface area contributed by atoms with Crippen molar-refractivity contribution < 1.29 is 0 Å². The highest BCUT2D eigenvalue weighted by Gasteiger charge is 2.26. The molecule has 0 radical (unpaired) electrons. The summed E-state index contributed by atoms with van der Waals surface area (Å²) >= 11 is 0. The second-order valence-corrected chi connectivity index (χ2v) is 7.29. The molecule has 26 heavy (non-hydrogen) atoms. The average molecular weight is 330 g/mol. The lowest BCUT2D eigenvalue weighted by Crippen LogP contribution is -1.94. The predicted molar refractivity (Wildman–Crippen MR) is 111 cm³/mol. The van der Waals surface area contributed by atoms with Crippen LogP contribution in [-0.2, 0) is 6.42 Å². The van der Waals surface area contributed by atoms with E-state index in [0.717, 1.165) is 12.8 Å². The molecule has 0 amide bonds. The molecule has 0 spiro atoms. The number of benzene rings is 4.